The average molecular weight is 527 g/mol. The number of carbonyl (C=O) groups excluding carboxylic acids is 1. The molecule has 10 heteroatoms. The molecule has 2 rings (SSSR count). The lowest BCUT2D eigenvalue weighted by molar-refractivity contribution is -0.00720. The van der Waals surface area contributed by atoms with Gasteiger partial charge in [0.25, 0.3) is 0 Å². The molecule has 0 aromatic rings. The van der Waals surface area contributed by atoms with Crippen molar-refractivity contribution in [2.24, 2.45) is 0 Å². The summed E-state index contributed by atoms with van der Waals surface area (Å²) in [5, 5.41) is 19.6. The van der Waals surface area contributed by atoms with Crippen LogP contribution in [-0.2, 0) is 17.7 Å². The van der Waals surface area contributed by atoms with Crippen molar-refractivity contribution < 1.29 is 27.6 Å². The lowest BCUT2D eigenvalue weighted by atomic mass is 10.1. The van der Waals surface area contributed by atoms with E-state index in [-0.39, 0.29) is 34.3 Å². The molecule has 0 unspecified atom stereocenters. The van der Waals surface area contributed by atoms with Crippen LogP contribution >= 0.6 is 0 Å². The standard InChI is InChI=1S/C25H46N2O6Si2/c1-16(2)34(17(3)4)30-15-22-23(32-35(33-34,18(5)6)19(7)8)12-21(20(13-26)14-28)27(22)24(29)31-25(9,10)11/h14,16-19,21-23,28H,12,15H2,1-11H3/t21-,22-,23+/m1/s1. The van der Waals surface area contributed by atoms with Crippen LogP contribution in [0.4, 0.5) is 4.79 Å². The SMILES string of the molecule is CC(C)[Si]1(C(C)C)OC[C@@H]2[C@H](C[C@H](C(C#N)=CO)N2C(=O)OC(C)(C)C)O[Si](C(C)C)(C(C)C)O1. The number of aliphatic hydroxyl groups is 1. The molecule has 3 atom stereocenters. The molecule has 1 N–H and O–H groups in total. The summed E-state index contributed by atoms with van der Waals surface area (Å²) >= 11 is 0. The largest absolute Gasteiger partial charge is 0.514 e. The minimum Gasteiger partial charge on any atom is -0.514 e. The minimum absolute atomic E-state index is 0.102. The fraction of sp³-hybridized carbons (Fsp3) is 0.840. The first-order valence-electron chi connectivity index (χ1n) is 12.8. The van der Waals surface area contributed by atoms with Crippen LogP contribution in [0.3, 0.4) is 0 Å². The summed E-state index contributed by atoms with van der Waals surface area (Å²) in [6.07, 6.45) is 0.206. The van der Waals surface area contributed by atoms with Gasteiger partial charge >= 0.3 is 23.2 Å². The van der Waals surface area contributed by atoms with E-state index in [0.29, 0.717) is 6.42 Å². The molecule has 0 radical (unpaired) electrons. The summed E-state index contributed by atoms with van der Waals surface area (Å²) < 4.78 is 26.9. The van der Waals surface area contributed by atoms with Crippen molar-refractivity contribution in [2.75, 3.05) is 6.61 Å². The van der Waals surface area contributed by atoms with Crippen molar-refractivity contribution in [3.8, 4) is 6.07 Å². The Balaban J connectivity index is 2.70. The molecule has 2 aliphatic heterocycles. The molecule has 2 saturated heterocycles. The predicted octanol–water partition coefficient (Wildman–Crippen LogP) is 6.29. The Morgan fingerprint density at radius 2 is 1.57 bits per heavy atom. The summed E-state index contributed by atoms with van der Waals surface area (Å²) in [6.45, 7) is 22.8. The molecule has 35 heavy (non-hydrogen) atoms. The Morgan fingerprint density at radius 1 is 1.06 bits per heavy atom. The zero-order chi connectivity index (χ0) is 26.9. The number of carbonyl (C=O) groups is 1. The number of ether oxygens (including phenoxy) is 1. The van der Waals surface area contributed by atoms with Gasteiger partial charge in [0.1, 0.15) is 11.7 Å². The van der Waals surface area contributed by atoms with Gasteiger partial charge in [-0.05, 0) is 42.9 Å². The molecular weight excluding hydrogens is 480 g/mol. The highest BCUT2D eigenvalue weighted by molar-refractivity contribution is 6.84. The first-order valence-corrected chi connectivity index (χ1v) is 16.8. The van der Waals surface area contributed by atoms with E-state index >= 15 is 0 Å². The maximum absolute atomic E-state index is 13.5. The molecule has 2 fully saturated rings. The number of hydrogen-bond donors (Lipinski definition) is 1. The second-order valence-electron chi connectivity index (χ2n) is 12.0. The molecule has 0 aliphatic carbocycles. The minimum atomic E-state index is -2.87. The Labute approximate surface area is 214 Å². The van der Waals surface area contributed by atoms with Crippen LogP contribution in [0.15, 0.2) is 11.8 Å². The highest BCUT2D eigenvalue weighted by Crippen LogP contribution is 2.48. The number of hydrogen-bond acceptors (Lipinski definition) is 7. The van der Waals surface area contributed by atoms with E-state index in [1.54, 1.807) is 4.90 Å². The topological polar surface area (TPSA) is 101 Å². The normalized spacial score (nSPS) is 27.1. The lowest BCUT2D eigenvalue weighted by Crippen LogP contribution is -2.66. The highest BCUT2D eigenvalue weighted by atomic mass is 28.5. The van der Waals surface area contributed by atoms with Gasteiger partial charge in [-0.1, -0.05) is 55.4 Å². The van der Waals surface area contributed by atoms with Crippen LogP contribution in [0.1, 0.15) is 82.6 Å². The molecule has 0 spiro atoms. The van der Waals surface area contributed by atoms with Crippen LogP contribution in [0.25, 0.3) is 0 Å². The van der Waals surface area contributed by atoms with Crippen molar-refractivity contribution in [2.45, 2.75) is 129 Å². The van der Waals surface area contributed by atoms with E-state index in [1.165, 1.54) is 0 Å². The molecule has 0 bridgehead atoms. The van der Waals surface area contributed by atoms with Crippen LogP contribution in [0.2, 0.25) is 22.2 Å². The van der Waals surface area contributed by atoms with E-state index in [1.807, 2.05) is 20.8 Å². The summed E-state index contributed by atoms with van der Waals surface area (Å²) in [5.41, 5.74) is 0.0197. The van der Waals surface area contributed by atoms with Crippen molar-refractivity contribution >= 4 is 23.2 Å². The van der Waals surface area contributed by atoms with Crippen LogP contribution in [0.5, 0.6) is 0 Å². The second kappa shape index (κ2) is 10.9. The van der Waals surface area contributed by atoms with Gasteiger partial charge in [0.15, 0.2) is 0 Å². The third-order valence-corrected chi connectivity index (χ3v) is 17.4. The number of likely N-dealkylation sites (tertiary alicyclic amines) is 1. The zero-order valence-electron chi connectivity index (χ0n) is 23.4. The van der Waals surface area contributed by atoms with Crippen LogP contribution in [-0.4, -0.2) is 63.6 Å². The van der Waals surface area contributed by atoms with Gasteiger partial charge in [-0.25, -0.2) is 4.79 Å². The molecule has 2 aliphatic rings. The predicted molar refractivity (Wildman–Crippen MR) is 140 cm³/mol. The molecular formula is C25H46N2O6Si2. The summed E-state index contributed by atoms with van der Waals surface area (Å²) in [6, 6.07) is 0.923. The van der Waals surface area contributed by atoms with E-state index in [9.17, 15) is 15.2 Å². The molecule has 1 amide bonds. The number of fused-ring (bicyclic) bond motifs is 1. The number of nitriles is 1. The van der Waals surface area contributed by atoms with Crippen molar-refractivity contribution in [1.82, 2.24) is 4.90 Å². The van der Waals surface area contributed by atoms with E-state index in [0.717, 1.165) is 6.26 Å². The highest BCUT2D eigenvalue weighted by Gasteiger charge is 2.61. The Morgan fingerprint density at radius 3 is 1.97 bits per heavy atom. The molecule has 0 saturated carbocycles. The molecule has 0 aromatic heterocycles. The smallest absolute Gasteiger partial charge is 0.411 e. The van der Waals surface area contributed by atoms with Gasteiger partial charge in [-0.2, -0.15) is 5.26 Å². The maximum atomic E-state index is 13.5. The number of rotatable bonds is 5. The van der Waals surface area contributed by atoms with Gasteiger partial charge in [0.2, 0.25) is 0 Å². The lowest BCUT2D eigenvalue weighted by Gasteiger charge is -2.51. The van der Waals surface area contributed by atoms with Crippen LogP contribution < -0.4 is 0 Å². The van der Waals surface area contributed by atoms with Crippen molar-refractivity contribution in [3.63, 3.8) is 0 Å². The van der Waals surface area contributed by atoms with Crippen molar-refractivity contribution in [3.05, 3.63) is 11.8 Å². The summed E-state index contributed by atoms with van der Waals surface area (Å²) in [5.74, 6) is 0. The monoisotopic (exact) mass is 526 g/mol. The number of aliphatic hydroxyl groups excluding tert-OH is 1. The van der Waals surface area contributed by atoms with Gasteiger partial charge in [-0.3, -0.25) is 4.90 Å². The molecule has 200 valence electrons. The Bertz CT molecular complexity index is 815. The number of amides is 1. The fourth-order valence-electron chi connectivity index (χ4n) is 5.42. The van der Waals surface area contributed by atoms with E-state index < -0.39 is 47.0 Å². The molecule has 2 heterocycles. The van der Waals surface area contributed by atoms with Crippen molar-refractivity contribution in [1.29, 1.82) is 5.26 Å². The number of nitrogens with zero attached hydrogens (tertiary/aromatic N) is 2. The zero-order valence-corrected chi connectivity index (χ0v) is 25.4. The first-order chi connectivity index (χ1) is 16.1. The molecule has 8 nitrogen and oxygen atoms in total. The van der Waals surface area contributed by atoms with Gasteiger partial charge in [0.05, 0.1) is 36.6 Å². The maximum Gasteiger partial charge on any atom is 0.411 e. The van der Waals surface area contributed by atoms with Crippen LogP contribution in [0, 0.1) is 11.3 Å². The quantitative estimate of drug-likeness (QED) is 0.255. The van der Waals surface area contributed by atoms with Gasteiger partial charge in [-0.15, -0.1) is 0 Å². The second-order valence-corrected chi connectivity index (χ2v) is 20.9. The first kappa shape index (κ1) is 29.8. The van der Waals surface area contributed by atoms with Gasteiger partial charge < -0.3 is 22.8 Å². The molecule has 0 aromatic carbocycles. The Kier molecular flexibility index (Phi) is 9.32. The average Bonchev–Trinajstić information content (AvgIpc) is 3.04. The summed E-state index contributed by atoms with van der Waals surface area (Å²) in [4.78, 5) is 15.0. The fourth-order valence-corrected chi connectivity index (χ4v) is 16.7. The summed E-state index contributed by atoms with van der Waals surface area (Å²) in [7, 11) is -5.66. The third kappa shape index (κ3) is 5.80. The van der Waals surface area contributed by atoms with Gasteiger partial charge in [0, 0.05) is 6.42 Å². The van der Waals surface area contributed by atoms with E-state index in [4.69, 9.17) is 17.7 Å². The Hall–Kier alpha value is -1.39. The third-order valence-electron chi connectivity index (χ3n) is 7.16. The van der Waals surface area contributed by atoms with E-state index in [2.05, 4.69) is 61.5 Å².